The molecule has 0 bridgehead atoms. The summed E-state index contributed by atoms with van der Waals surface area (Å²) in [4.78, 5) is 11.6. The van der Waals surface area contributed by atoms with Gasteiger partial charge in [-0.3, -0.25) is 4.79 Å². The van der Waals surface area contributed by atoms with Crippen LogP contribution in [0, 0.1) is 5.92 Å². The Kier molecular flexibility index (Phi) is 5.58. The van der Waals surface area contributed by atoms with Crippen LogP contribution in [0.2, 0.25) is 5.02 Å². The Hall–Kier alpha value is -0.430. The van der Waals surface area contributed by atoms with Gasteiger partial charge in [-0.05, 0) is 22.6 Å². The van der Waals surface area contributed by atoms with Gasteiger partial charge in [0.05, 0.1) is 6.04 Å². The molecule has 0 unspecified atom stereocenters. The summed E-state index contributed by atoms with van der Waals surface area (Å²) in [6.45, 7) is 3.92. The van der Waals surface area contributed by atoms with E-state index in [2.05, 4.69) is 4.36 Å². The molecule has 1 rings (SSSR count). The van der Waals surface area contributed by atoms with E-state index in [0.717, 1.165) is 0 Å². The van der Waals surface area contributed by atoms with E-state index in [1.54, 1.807) is 5.38 Å². The van der Waals surface area contributed by atoms with E-state index in [1.807, 2.05) is 13.8 Å². The monoisotopic (exact) mass is 293 g/mol. The molecule has 4 nitrogen and oxygen atoms in total. The topological polar surface area (TPSA) is 72.5 Å². The molecule has 7 heteroatoms. The van der Waals surface area contributed by atoms with E-state index in [4.69, 9.17) is 17.3 Å². The van der Waals surface area contributed by atoms with E-state index in [1.165, 1.54) is 17.4 Å². The summed E-state index contributed by atoms with van der Waals surface area (Å²) < 4.78 is 15.7. The maximum atomic E-state index is 11.7. The smallest absolute Gasteiger partial charge is 0.239 e. The lowest BCUT2D eigenvalue weighted by molar-refractivity contribution is -0.119. The van der Waals surface area contributed by atoms with E-state index in [9.17, 15) is 9.00 Å². The molecular weight excluding hydrogens is 280 g/mol. The summed E-state index contributed by atoms with van der Waals surface area (Å²) in [7, 11) is -1.70. The zero-order valence-electron chi connectivity index (χ0n) is 9.55. The first kappa shape index (κ1) is 14.6. The largest absolute Gasteiger partial charge is 0.439 e. The highest BCUT2D eigenvalue weighted by Gasteiger charge is 2.11. The van der Waals surface area contributed by atoms with Gasteiger partial charge in [0, 0.05) is 10.4 Å². The predicted molar refractivity (Wildman–Crippen MR) is 70.5 cm³/mol. The summed E-state index contributed by atoms with van der Waals surface area (Å²) in [5.74, 6) is -0.227. The third-order valence-electron chi connectivity index (χ3n) is 1.93. The fourth-order valence-corrected chi connectivity index (χ4v) is 3.26. The number of hydrogen-bond donors (Lipinski definition) is 1. The first-order valence-electron chi connectivity index (χ1n) is 5.07. The minimum Gasteiger partial charge on any atom is -0.439 e. The van der Waals surface area contributed by atoms with Crippen LogP contribution in [0.25, 0.3) is 0 Å². The lowest BCUT2D eigenvalue weighted by Gasteiger charge is -2.11. The van der Waals surface area contributed by atoms with E-state index in [0.29, 0.717) is 21.6 Å². The molecule has 0 radical (unpaired) electrons. The molecule has 0 aromatic carbocycles. The van der Waals surface area contributed by atoms with Crippen LogP contribution in [0.15, 0.2) is 20.0 Å². The van der Waals surface area contributed by atoms with Crippen molar-refractivity contribution in [1.29, 1.82) is 0 Å². The molecule has 1 heterocycles. The number of nitrogens with zero attached hydrogens (tertiary/aromatic N) is 1. The molecule has 0 aliphatic rings. The molecule has 2 N–H and O–H groups in total. The molecule has 0 saturated heterocycles. The van der Waals surface area contributed by atoms with Gasteiger partial charge in [-0.2, -0.15) is 11.3 Å². The molecule has 17 heavy (non-hydrogen) atoms. The van der Waals surface area contributed by atoms with Crippen molar-refractivity contribution >= 4 is 39.4 Å². The van der Waals surface area contributed by atoms with Gasteiger partial charge >= 0.3 is 0 Å². The van der Waals surface area contributed by atoms with Gasteiger partial charge in [0.1, 0.15) is 0 Å². The molecule has 1 amide bonds. The fourth-order valence-electron chi connectivity index (χ4n) is 1.19. The molecule has 0 aliphatic carbocycles. The van der Waals surface area contributed by atoms with Crippen LogP contribution < -0.4 is 5.73 Å². The molecule has 0 saturated carbocycles. The summed E-state index contributed by atoms with van der Waals surface area (Å²) in [5, 5.41) is 2.13. The Morgan fingerprint density at radius 2 is 2.29 bits per heavy atom. The van der Waals surface area contributed by atoms with Crippen molar-refractivity contribution in [2.45, 2.75) is 30.5 Å². The number of nitrogens with two attached hydrogens (primary N) is 1. The highest BCUT2D eigenvalue weighted by Crippen LogP contribution is 2.21. The first-order chi connectivity index (χ1) is 7.90. The Bertz CT molecular complexity index is 478. The van der Waals surface area contributed by atoms with Crippen molar-refractivity contribution in [2.75, 3.05) is 0 Å². The Morgan fingerprint density at radius 1 is 1.65 bits per heavy atom. The summed E-state index contributed by atoms with van der Waals surface area (Å²) in [5.41, 5.74) is 5.65. The minimum absolute atomic E-state index is 0.300. The van der Waals surface area contributed by atoms with Crippen molar-refractivity contribution in [2.24, 2.45) is 16.0 Å². The van der Waals surface area contributed by atoms with Crippen LogP contribution in [-0.2, 0) is 19.6 Å². The number of rotatable bonds is 4. The maximum Gasteiger partial charge on any atom is 0.239 e. The highest BCUT2D eigenvalue weighted by atomic mass is 35.5. The van der Waals surface area contributed by atoms with Crippen molar-refractivity contribution in [3.8, 4) is 0 Å². The zero-order valence-corrected chi connectivity index (χ0v) is 11.9. The SMILES string of the molecule is CC(C)C[C@H](N)C(=O)N=[S-](=O)c1cc(Cl)cs1. The molecule has 0 aliphatic heterocycles. The maximum absolute atomic E-state index is 11.7. The van der Waals surface area contributed by atoms with Crippen molar-refractivity contribution in [3.63, 3.8) is 0 Å². The van der Waals surface area contributed by atoms with Crippen LogP contribution in [0.3, 0.4) is 0 Å². The van der Waals surface area contributed by atoms with E-state index in [-0.39, 0.29) is 0 Å². The van der Waals surface area contributed by atoms with Crippen molar-refractivity contribution in [3.05, 3.63) is 16.5 Å². The molecular formula is C10H14ClN2O2S2-. The standard InChI is InChI=1S/C10H14ClN2O2S2/c1-6(2)3-8(12)10(14)13-17(15)9-4-7(11)5-16-9/h4-6,8H,3,12H2,1-2H3/q-1/t8-/m0/s1. The third-order valence-corrected chi connectivity index (χ3v) is 4.52. The molecule has 1 atom stereocenters. The van der Waals surface area contributed by atoms with Crippen LogP contribution in [-0.4, -0.2) is 11.9 Å². The molecule has 96 valence electrons. The van der Waals surface area contributed by atoms with Gasteiger partial charge in [0.25, 0.3) is 0 Å². The van der Waals surface area contributed by atoms with Gasteiger partial charge in [0.2, 0.25) is 5.91 Å². The van der Waals surface area contributed by atoms with Gasteiger partial charge in [-0.1, -0.05) is 25.4 Å². The summed E-state index contributed by atoms with van der Waals surface area (Å²) >= 11 is 6.90. The highest BCUT2D eigenvalue weighted by molar-refractivity contribution is 7.78. The van der Waals surface area contributed by atoms with Crippen LogP contribution in [0.1, 0.15) is 20.3 Å². The van der Waals surface area contributed by atoms with E-state index < -0.39 is 22.5 Å². The number of amides is 1. The zero-order chi connectivity index (χ0) is 13.0. The van der Waals surface area contributed by atoms with Crippen molar-refractivity contribution in [1.82, 2.24) is 0 Å². The van der Waals surface area contributed by atoms with Gasteiger partial charge in [-0.25, -0.2) is 0 Å². The molecule has 0 spiro atoms. The second kappa shape index (κ2) is 6.49. The number of thiophene rings is 1. The Balaban J connectivity index is 2.75. The lowest BCUT2D eigenvalue weighted by atomic mass is 10.0. The van der Waals surface area contributed by atoms with Crippen LogP contribution >= 0.6 is 22.9 Å². The Labute approximate surface area is 111 Å². The number of halogens is 1. The second-order valence-corrected chi connectivity index (χ2v) is 6.73. The minimum atomic E-state index is -1.70. The predicted octanol–water partition coefficient (Wildman–Crippen LogP) is 2.81. The van der Waals surface area contributed by atoms with Crippen LogP contribution in [0.4, 0.5) is 0 Å². The second-order valence-electron chi connectivity index (χ2n) is 4.00. The fraction of sp³-hybridized carbons (Fsp3) is 0.500. The summed E-state index contributed by atoms with van der Waals surface area (Å²) in [6.07, 6.45) is 0.532. The number of hydrogen-bond acceptors (Lipinski definition) is 5. The summed E-state index contributed by atoms with van der Waals surface area (Å²) in [6, 6.07) is 0.849. The normalized spacial score (nSPS) is 15.1. The van der Waals surface area contributed by atoms with Crippen molar-refractivity contribution < 1.29 is 9.00 Å². The molecule has 0 fully saturated rings. The molecule has 1 aromatic heterocycles. The van der Waals surface area contributed by atoms with Crippen LogP contribution in [0.5, 0.6) is 0 Å². The number of carbonyl (C=O) groups is 1. The Morgan fingerprint density at radius 3 is 2.76 bits per heavy atom. The first-order valence-corrected chi connectivity index (χ1v) is 7.43. The lowest BCUT2D eigenvalue weighted by Crippen LogP contribution is -2.30. The van der Waals surface area contributed by atoms with Gasteiger partial charge in [-0.15, -0.1) is 10.6 Å². The average molecular weight is 294 g/mol. The van der Waals surface area contributed by atoms with Gasteiger partial charge < -0.3 is 14.3 Å². The third kappa shape index (κ3) is 4.75. The van der Waals surface area contributed by atoms with E-state index >= 15 is 0 Å². The quantitative estimate of drug-likeness (QED) is 0.868. The van der Waals surface area contributed by atoms with Gasteiger partial charge in [0.15, 0.2) is 0 Å². The number of carbonyl (C=O) groups excluding carboxylic acids is 1. The average Bonchev–Trinajstić information content (AvgIpc) is 2.63. The molecule has 1 aromatic rings.